The number of sulfonamides is 1. The number of aromatic nitrogens is 3. The Kier molecular flexibility index (Phi) is 6.61. The molecule has 1 aromatic heterocycles. The maximum absolute atomic E-state index is 12.8. The monoisotopic (exact) mass is 469 g/mol. The van der Waals surface area contributed by atoms with Gasteiger partial charge in [0, 0.05) is 7.05 Å². The van der Waals surface area contributed by atoms with Crippen molar-refractivity contribution < 1.29 is 17.9 Å². The van der Waals surface area contributed by atoms with Crippen molar-refractivity contribution in [2.75, 3.05) is 20.2 Å². The van der Waals surface area contributed by atoms with Gasteiger partial charge in [0.15, 0.2) is 5.69 Å². The number of nitrogens with zero attached hydrogens (tertiary/aromatic N) is 4. The van der Waals surface area contributed by atoms with Crippen molar-refractivity contribution in [1.82, 2.24) is 19.9 Å². The van der Waals surface area contributed by atoms with E-state index in [4.69, 9.17) is 33.1 Å². The number of hydrogen-bond acceptors (Lipinski definition) is 6. The average Bonchev–Trinajstić information content (AvgIpc) is 3.16. The fourth-order valence-corrected chi connectivity index (χ4v) is 3.63. The minimum absolute atomic E-state index is 0.0128. The summed E-state index contributed by atoms with van der Waals surface area (Å²) in [5, 5.41) is 13.4. The largest absolute Gasteiger partial charge is 0.492 e. The number of ether oxygens (including phenoxy) is 1. The highest BCUT2D eigenvalue weighted by Gasteiger charge is 2.21. The number of rotatable bonds is 7. The lowest BCUT2D eigenvalue weighted by atomic mass is 10.3. The van der Waals surface area contributed by atoms with Crippen LogP contribution in [0.3, 0.4) is 0 Å². The molecule has 0 aliphatic rings. The van der Waals surface area contributed by atoms with E-state index in [-0.39, 0.29) is 29.6 Å². The third kappa shape index (κ3) is 4.90. The van der Waals surface area contributed by atoms with Crippen LogP contribution >= 0.6 is 23.2 Å². The van der Waals surface area contributed by atoms with Crippen LogP contribution in [0.15, 0.2) is 53.6 Å². The Bertz CT molecular complexity index is 1150. The first kappa shape index (κ1) is 22.0. The van der Waals surface area contributed by atoms with Gasteiger partial charge in [-0.2, -0.15) is 0 Å². The number of primary sulfonamides is 1. The molecule has 0 saturated carbocycles. The average molecular weight is 470 g/mol. The fraction of sp³-hybridized carbons (Fsp3) is 0.167. The summed E-state index contributed by atoms with van der Waals surface area (Å²) < 4.78 is 29.4. The molecule has 0 radical (unpaired) electrons. The van der Waals surface area contributed by atoms with Crippen molar-refractivity contribution in [3.63, 3.8) is 0 Å². The Morgan fingerprint density at radius 2 is 1.80 bits per heavy atom. The highest BCUT2D eigenvalue weighted by molar-refractivity contribution is 7.89. The van der Waals surface area contributed by atoms with E-state index in [0.29, 0.717) is 21.5 Å². The number of carbonyl (C=O) groups excluding carboxylic acids is 1. The molecule has 0 atom stereocenters. The van der Waals surface area contributed by atoms with Gasteiger partial charge in [-0.1, -0.05) is 34.5 Å². The summed E-state index contributed by atoms with van der Waals surface area (Å²) in [5.41, 5.74) is 0.547. The van der Waals surface area contributed by atoms with Crippen LogP contribution in [-0.4, -0.2) is 54.4 Å². The first-order valence-electron chi connectivity index (χ1n) is 8.54. The van der Waals surface area contributed by atoms with Crippen LogP contribution in [0.4, 0.5) is 0 Å². The second kappa shape index (κ2) is 9.00. The van der Waals surface area contributed by atoms with E-state index in [1.807, 2.05) is 0 Å². The summed E-state index contributed by atoms with van der Waals surface area (Å²) >= 11 is 12.4. The zero-order valence-corrected chi connectivity index (χ0v) is 18.0. The predicted molar refractivity (Wildman–Crippen MR) is 112 cm³/mol. The first-order chi connectivity index (χ1) is 14.2. The standard InChI is InChI=1S/C18H17Cl2N5O4S/c1-24(9-10-29-12-5-7-13(8-6-12)30(21,27)28)18(26)16-11-22-23-25(16)17-14(19)3-2-4-15(17)20/h2-8,11H,9-10H2,1H3,(H2,21,27,28). The zero-order chi connectivity index (χ0) is 21.9. The number of carbonyl (C=O) groups is 1. The minimum Gasteiger partial charge on any atom is -0.492 e. The van der Waals surface area contributed by atoms with Crippen LogP contribution in [0.25, 0.3) is 5.69 Å². The van der Waals surface area contributed by atoms with Gasteiger partial charge in [0.2, 0.25) is 10.0 Å². The summed E-state index contributed by atoms with van der Waals surface area (Å²) in [6.07, 6.45) is 1.32. The summed E-state index contributed by atoms with van der Waals surface area (Å²) in [6, 6.07) is 10.6. The van der Waals surface area contributed by atoms with Crippen molar-refractivity contribution in [2.24, 2.45) is 5.14 Å². The number of hydrogen-bond donors (Lipinski definition) is 1. The van der Waals surface area contributed by atoms with Crippen LogP contribution in [0, 0.1) is 0 Å². The van der Waals surface area contributed by atoms with Crippen LogP contribution in [0.1, 0.15) is 10.5 Å². The molecule has 0 unspecified atom stereocenters. The third-order valence-corrected chi connectivity index (χ3v) is 5.65. The molecule has 12 heteroatoms. The van der Waals surface area contributed by atoms with Gasteiger partial charge in [-0.25, -0.2) is 18.2 Å². The van der Waals surface area contributed by atoms with E-state index in [1.165, 1.54) is 40.0 Å². The smallest absolute Gasteiger partial charge is 0.274 e. The third-order valence-electron chi connectivity index (χ3n) is 4.11. The van der Waals surface area contributed by atoms with Crippen molar-refractivity contribution in [3.8, 4) is 11.4 Å². The van der Waals surface area contributed by atoms with E-state index in [1.54, 1.807) is 25.2 Å². The maximum atomic E-state index is 12.8. The van der Waals surface area contributed by atoms with Crippen molar-refractivity contribution in [2.45, 2.75) is 4.90 Å². The number of nitrogens with two attached hydrogens (primary N) is 1. The molecule has 1 heterocycles. The Labute approximate surface area is 183 Å². The molecule has 0 aliphatic heterocycles. The SMILES string of the molecule is CN(CCOc1ccc(S(N)(=O)=O)cc1)C(=O)c1cnnn1-c1c(Cl)cccc1Cl. The summed E-state index contributed by atoms with van der Waals surface area (Å²) in [4.78, 5) is 14.2. The van der Waals surface area contributed by atoms with E-state index in [9.17, 15) is 13.2 Å². The number of halogens is 2. The maximum Gasteiger partial charge on any atom is 0.274 e. The van der Waals surface area contributed by atoms with E-state index < -0.39 is 10.0 Å². The molecule has 0 spiro atoms. The Morgan fingerprint density at radius 3 is 2.40 bits per heavy atom. The van der Waals surface area contributed by atoms with Gasteiger partial charge in [-0.15, -0.1) is 5.10 Å². The molecule has 0 bridgehead atoms. The molecule has 3 aromatic rings. The summed E-state index contributed by atoms with van der Waals surface area (Å²) in [5.74, 6) is 0.0852. The predicted octanol–water partition coefficient (Wildman–Crippen LogP) is 2.37. The number of para-hydroxylation sites is 1. The van der Waals surface area contributed by atoms with Gasteiger partial charge in [0.1, 0.15) is 18.0 Å². The normalized spacial score (nSPS) is 11.3. The molecular weight excluding hydrogens is 453 g/mol. The van der Waals surface area contributed by atoms with E-state index >= 15 is 0 Å². The van der Waals surface area contributed by atoms with Crippen LogP contribution in [0.5, 0.6) is 5.75 Å². The van der Waals surface area contributed by atoms with Crippen molar-refractivity contribution in [1.29, 1.82) is 0 Å². The van der Waals surface area contributed by atoms with Gasteiger partial charge in [0.25, 0.3) is 5.91 Å². The molecular formula is C18H17Cl2N5O4S. The molecule has 1 amide bonds. The van der Waals surface area contributed by atoms with Gasteiger partial charge < -0.3 is 9.64 Å². The van der Waals surface area contributed by atoms with Gasteiger partial charge in [0.05, 0.1) is 27.7 Å². The molecule has 3 rings (SSSR count). The molecule has 2 N–H and O–H groups in total. The molecule has 30 heavy (non-hydrogen) atoms. The van der Waals surface area contributed by atoms with Crippen molar-refractivity contribution in [3.05, 3.63) is 64.4 Å². The quantitative estimate of drug-likeness (QED) is 0.566. The number of benzene rings is 2. The highest BCUT2D eigenvalue weighted by atomic mass is 35.5. The summed E-state index contributed by atoms with van der Waals surface area (Å²) in [6.45, 7) is 0.419. The first-order valence-corrected chi connectivity index (χ1v) is 10.8. The Morgan fingerprint density at radius 1 is 1.17 bits per heavy atom. The molecule has 0 aliphatic carbocycles. The number of likely N-dealkylation sites (N-methyl/N-ethyl adjacent to an activating group) is 1. The zero-order valence-electron chi connectivity index (χ0n) is 15.7. The lowest BCUT2D eigenvalue weighted by Crippen LogP contribution is -2.32. The number of amides is 1. The molecule has 0 fully saturated rings. The van der Waals surface area contributed by atoms with E-state index in [0.717, 1.165) is 0 Å². The minimum atomic E-state index is -3.76. The van der Waals surface area contributed by atoms with Gasteiger partial charge in [-0.3, -0.25) is 4.79 Å². The molecule has 0 saturated heterocycles. The van der Waals surface area contributed by atoms with Crippen LogP contribution in [-0.2, 0) is 10.0 Å². The molecule has 2 aromatic carbocycles. The van der Waals surface area contributed by atoms with Gasteiger partial charge >= 0.3 is 0 Å². The Balaban J connectivity index is 1.66. The second-order valence-corrected chi connectivity index (χ2v) is 8.57. The van der Waals surface area contributed by atoms with Crippen LogP contribution < -0.4 is 9.88 Å². The molecule has 9 nitrogen and oxygen atoms in total. The molecule has 158 valence electrons. The van der Waals surface area contributed by atoms with Crippen LogP contribution in [0.2, 0.25) is 10.0 Å². The van der Waals surface area contributed by atoms with Gasteiger partial charge in [-0.05, 0) is 36.4 Å². The fourth-order valence-electron chi connectivity index (χ4n) is 2.56. The highest BCUT2D eigenvalue weighted by Crippen LogP contribution is 2.28. The lowest BCUT2D eigenvalue weighted by molar-refractivity contribution is 0.0764. The summed E-state index contributed by atoms with van der Waals surface area (Å²) in [7, 11) is -2.17. The van der Waals surface area contributed by atoms with Crippen molar-refractivity contribution >= 4 is 39.1 Å². The topological polar surface area (TPSA) is 120 Å². The second-order valence-electron chi connectivity index (χ2n) is 6.19. The Hall–Kier alpha value is -2.66. The van der Waals surface area contributed by atoms with E-state index in [2.05, 4.69) is 10.3 Å². The lowest BCUT2D eigenvalue weighted by Gasteiger charge is -2.18.